The van der Waals surface area contributed by atoms with E-state index in [1.165, 1.54) is 0 Å². The highest BCUT2D eigenvalue weighted by molar-refractivity contribution is 9.10. The van der Waals surface area contributed by atoms with Crippen molar-refractivity contribution >= 4 is 15.9 Å². The summed E-state index contributed by atoms with van der Waals surface area (Å²) >= 11 is 3.40. The first kappa shape index (κ1) is 13.7. The molecule has 0 aliphatic heterocycles. The third-order valence-electron chi connectivity index (χ3n) is 3.62. The minimum absolute atomic E-state index is 0.288. The van der Waals surface area contributed by atoms with Gasteiger partial charge in [-0.1, -0.05) is 15.9 Å². The standard InChI is InChI=1S/C16H18BrNO2/c17-14-3-5-15(6-4-14)20-10-9-18-8-7-13(11-18)16(19)12-1-2-12/h3-8,11-12,16,19H,1-2,9-10H2. The first-order valence-electron chi connectivity index (χ1n) is 6.94. The van der Waals surface area contributed by atoms with Gasteiger partial charge in [0.05, 0.1) is 12.6 Å². The van der Waals surface area contributed by atoms with Crippen LogP contribution in [-0.4, -0.2) is 16.3 Å². The molecule has 1 aromatic carbocycles. The molecule has 0 bridgehead atoms. The predicted molar refractivity (Wildman–Crippen MR) is 81.8 cm³/mol. The lowest BCUT2D eigenvalue weighted by molar-refractivity contribution is 0.153. The number of ether oxygens (including phenoxy) is 1. The average molecular weight is 336 g/mol. The molecule has 3 rings (SSSR count). The molecule has 1 aliphatic rings. The van der Waals surface area contributed by atoms with Gasteiger partial charge in [-0.3, -0.25) is 0 Å². The van der Waals surface area contributed by atoms with Crippen molar-refractivity contribution in [3.8, 4) is 5.75 Å². The molecule has 3 nitrogen and oxygen atoms in total. The van der Waals surface area contributed by atoms with E-state index in [2.05, 4.69) is 20.5 Å². The van der Waals surface area contributed by atoms with Gasteiger partial charge in [-0.05, 0) is 54.7 Å². The fraction of sp³-hybridized carbons (Fsp3) is 0.375. The van der Waals surface area contributed by atoms with Gasteiger partial charge in [-0.25, -0.2) is 0 Å². The molecule has 1 atom stereocenters. The Morgan fingerprint density at radius 2 is 2.00 bits per heavy atom. The lowest BCUT2D eigenvalue weighted by atomic mass is 10.1. The van der Waals surface area contributed by atoms with Crippen molar-refractivity contribution in [2.45, 2.75) is 25.5 Å². The third-order valence-corrected chi connectivity index (χ3v) is 4.14. The predicted octanol–water partition coefficient (Wildman–Crippen LogP) is 3.77. The molecule has 1 fully saturated rings. The maximum absolute atomic E-state index is 10.1. The number of rotatable bonds is 6. The second kappa shape index (κ2) is 6.02. The minimum atomic E-state index is -0.288. The van der Waals surface area contributed by atoms with E-state index in [-0.39, 0.29) is 6.10 Å². The van der Waals surface area contributed by atoms with Crippen molar-refractivity contribution < 1.29 is 9.84 Å². The molecule has 1 aromatic heterocycles. The van der Waals surface area contributed by atoms with E-state index in [9.17, 15) is 5.11 Å². The lowest BCUT2D eigenvalue weighted by Gasteiger charge is -2.08. The average Bonchev–Trinajstić information content (AvgIpc) is 3.20. The summed E-state index contributed by atoms with van der Waals surface area (Å²) in [5.41, 5.74) is 1.02. The third kappa shape index (κ3) is 3.44. The van der Waals surface area contributed by atoms with Crippen molar-refractivity contribution in [3.63, 3.8) is 0 Å². The highest BCUT2D eigenvalue weighted by Gasteiger charge is 2.31. The van der Waals surface area contributed by atoms with E-state index >= 15 is 0 Å². The summed E-state index contributed by atoms with van der Waals surface area (Å²) in [6.45, 7) is 1.41. The molecule has 1 heterocycles. The number of halogens is 1. The summed E-state index contributed by atoms with van der Waals surface area (Å²) in [6, 6.07) is 9.83. The molecule has 1 N–H and O–H groups in total. The van der Waals surface area contributed by atoms with E-state index in [4.69, 9.17) is 4.74 Å². The molecule has 1 saturated carbocycles. The van der Waals surface area contributed by atoms with Crippen LogP contribution in [0.2, 0.25) is 0 Å². The van der Waals surface area contributed by atoms with Gasteiger partial charge < -0.3 is 14.4 Å². The van der Waals surface area contributed by atoms with E-state index in [0.29, 0.717) is 12.5 Å². The van der Waals surface area contributed by atoms with Gasteiger partial charge >= 0.3 is 0 Å². The van der Waals surface area contributed by atoms with E-state index in [1.54, 1.807) is 0 Å². The molecule has 0 amide bonds. The Balaban J connectivity index is 1.49. The maximum atomic E-state index is 10.1. The van der Waals surface area contributed by atoms with Crippen LogP contribution in [-0.2, 0) is 6.54 Å². The zero-order valence-corrected chi connectivity index (χ0v) is 12.8. The van der Waals surface area contributed by atoms with Crippen LogP contribution in [0.1, 0.15) is 24.5 Å². The number of aliphatic hydroxyl groups is 1. The Hall–Kier alpha value is -1.26. The normalized spacial score (nSPS) is 16.1. The summed E-state index contributed by atoms with van der Waals surface area (Å²) in [7, 11) is 0. The quantitative estimate of drug-likeness (QED) is 0.871. The summed E-state index contributed by atoms with van der Waals surface area (Å²) in [5, 5.41) is 10.1. The molecule has 20 heavy (non-hydrogen) atoms. The molecule has 0 saturated heterocycles. The van der Waals surface area contributed by atoms with Crippen LogP contribution < -0.4 is 4.74 Å². The molecule has 4 heteroatoms. The van der Waals surface area contributed by atoms with Crippen LogP contribution >= 0.6 is 15.9 Å². The number of aromatic nitrogens is 1. The molecule has 106 valence electrons. The van der Waals surface area contributed by atoms with Crippen LogP contribution in [0.5, 0.6) is 5.75 Å². The summed E-state index contributed by atoms with van der Waals surface area (Å²) in [5.74, 6) is 1.35. The Morgan fingerprint density at radius 3 is 2.70 bits per heavy atom. The second-order valence-corrected chi connectivity index (χ2v) is 6.18. The van der Waals surface area contributed by atoms with Crippen LogP contribution in [0.3, 0.4) is 0 Å². The molecule has 0 spiro atoms. The van der Waals surface area contributed by atoms with Crippen molar-refractivity contribution in [1.82, 2.24) is 4.57 Å². The fourth-order valence-corrected chi connectivity index (χ4v) is 2.52. The van der Waals surface area contributed by atoms with Gasteiger partial charge in [-0.15, -0.1) is 0 Å². The summed E-state index contributed by atoms with van der Waals surface area (Å²) in [4.78, 5) is 0. The van der Waals surface area contributed by atoms with Gasteiger partial charge in [0.15, 0.2) is 0 Å². The number of hydrogen-bond donors (Lipinski definition) is 1. The van der Waals surface area contributed by atoms with Gasteiger partial charge in [-0.2, -0.15) is 0 Å². The van der Waals surface area contributed by atoms with Crippen LogP contribution in [0, 0.1) is 5.92 Å². The van der Waals surface area contributed by atoms with Crippen molar-refractivity contribution in [2.75, 3.05) is 6.61 Å². The van der Waals surface area contributed by atoms with E-state index < -0.39 is 0 Å². The first-order chi connectivity index (χ1) is 9.72. The van der Waals surface area contributed by atoms with Crippen molar-refractivity contribution in [2.24, 2.45) is 5.92 Å². The van der Waals surface area contributed by atoms with Gasteiger partial charge in [0, 0.05) is 16.9 Å². The van der Waals surface area contributed by atoms with Crippen LogP contribution in [0.15, 0.2) is 47.2 Å². The SMILES string of the molecule is OC(c1ccn(CCOc2ccc(Br)cc2)c1)C1CC1. The maximum Gasteiger partial charge on any atom is 0.119 e. The van der Waals surface area contributed by atoms with Gasteiger partial charge in [0.2, 0.25) is 0 Å². The Labute approximate surface area is 127 Å². The Bertz CT molecular complexity index is 560. The topological polar surface area (TPSA) is 34.4 Å². The lowest BCUT2D eigenvalue weighted by Crippen LogP contribution is -2.06. The number of benzene rings is 1. The summed E-state index contributed by atoms with van der Waals surface area (Å²) in [6.07, 6.45) is 6.04. The highest BCUT2D eigenvalue weighted by Crippen LogP contribution is 2.40. The van der Waals surface area contributed by atoms with E-state index in [1.807, 2.05) is 42.7 Å². The largest absolute Gasteiger partial charge is 0.492 e. The molecular formula is C16H18BrNO2. The van der Waals surface area contributed by atoms with E-state index in [0.717, 1.165) is 35.2 Å². The van der Waals surface area contributed by atoms with Gasteiger partial charge in [0.1, 0.15) is 12.4 Å². The van der Waals surface area contributed by atoms with Crippen molar-refractivity contribution in [1.29, 1.82) is 0 Å². The molecule has 1 aliphatic carbocycles. The Morgan fingerprint density at radius 1 is 1.25 bits per heavy atom. The van der Waals surface area contributed by atoms with Crippen LogP contribution in [0.25, 0.3) is 0 Å². The number of hydrogen-bond acceptors (Lipinski definition) is 2. The van der Waals surface area contributed by atoms with Crippen molar-refractivity contribution in [3.05, 3.63) is 52.8 Å². The monoisotopic (exact) mass is 335 g/mol. The second-order valence-electron chi connectivity index (χ2n) is 5.27. The molecular weight excluding hydrogens is 318 g/mol. The fourth-order valence-electron chi connectivity index (χ4n) is 2.26. The van der Waals surface area contributed by atoms with Gasteiger partial charge in [0.25, 0.3) is 0 Å². The number of aliphatic hydroxyl groups excluding tert-OH is 1. The molecule has 2 aromatic rings. The minimum Gasteiger partial charge on any atom is -0.492 e. The molecule has 0 radical (unpaired) electrons. The molecule has 1 unspecified atom stereocenters. The first-order valence-corrected chi connectivity index (χ1v) is 7.74. The highest BCUT2D eigenvalue weighted by atomic mass is 79.9. The smallest absolute Gasteiger partial charge is 0.119 e. The van der Waals surface area contributed by atoms with Crippen LogP contribution in [0.4, 0.5) is 0 Å². The zero-order valence-electron chi connectivity index (χ0n) is 11.2. The summed E-state index contributed by atoms with van der Waals surface area (Å²) < 4.78 is 8.81. The Kier molecular flexibility index (Phi) is 4.13. The number of nitrogens with zero attached hydrogens (tertiary/aromatic N) is 1. The zero-order chi connectivity index (χ0) is 13.9.